The number of amides is 1. The summed E-state index contributed by atoms with van der Waals surface area (Å²) in [6.45, 7) is 2.24. The van der Waals surface area contributed by atoms with Gasteiger partial charge in [-0.25, -0.2) is 4.98 Å². The lowest BCUT2D eigenvalue weighted by atomic mass is 9.95. The summed E-state index contributed by atoms with van der Waals surface area (Å²) in [6.07, 6.45) is 0. The van der Waals surface area contributed by atoms with Crippen LogP contribution >= 0.6 is 22.9 Å². The van der Waals surface area contributed by atoms with E-state index < -0.39 is 23.5 Å². The molecule has 1 aliphatic heterocycles. The molecule has 2 aromatic carbocycles. The number of benzene rings is 2. The first-order chi connectivity index (χ1) is 15.4. The van der Waals surface area contributed by atoms with Gasteiger partial charge in [-0.15, -0.1) is 11.3 Å². The number of aliphatic hydroxyl groups is 1. The van der Waals surface area contributed by atoms with E-state index in [-0.39, 0.29) is 18.7 Å². The highest BCUT2D eigenvalue weighted by Crippen LogP contribution is 2.41. The van der Waals surface area contributed by atoms with Crippen molar-refractivity contribution in [1.29, 1.82) is 0 Å². The van der Waals surface area contributed by atoms with Crippen LogP contribution in [0.1, 0.15) is 27.0 Å². The molecule has 4 rings (SSSR count). The monoisotopic (exact) mass is 468 g/mol. The highest BCUT2D eigenvalue weighted by atomic mass is 35.5. The quantitative estimate of drug-likeness (QED) is 0.494. The van der Waals surface area contributed by atoms with Gasteiger partial charge in [-0.3, -0.25) is 9.59 Å². The molecule has 1 aliphatic rings. The number of carbonyl (C=O) groups is 2. The van der Waals surface area contributed by atoms with Crippen LogP contribution in [0.3, 0.4) is 0 Å². The molecule has 8 heteroatoms. The van der Waals surface area contributed by atoms with Crippen molar-refractivity contribution in [3.05, 3.63) is 87.1 Å². The van der Waals surface area contributed by atoms with Crippen LogP contribution in [0.5, 0.6) is 0 Å². The largest absolute Gasteiger partial charge is 0.503 e. The number of aliphatic hydroxyl groups excluding tert-OH is 1. The lowest BCUT2D eigenvalue weighted by molar-refractivity contribution is -0.130. The first-order valence-corrected chi connectivity index (χ1v) is 11.2. The highest BCUT2D eigenvalue weighted by molar-refractivity contribution is 7.17. The Bertz CT molecular complexity index is 1190. The Kier molecular flexibility index (Phi) is 6.41. The van der Waals surface area contributed by atoms with Gasteiger partial charge in [0.2, 0.25) is 5.78 Å². The Morgan fingerprint density at radius 1 is 1.19 bits per heavy atom. The molecular weight excluding hydrogens is 448 g/mol. The number of hydrogen-bond acceptors (Lipinski definition) is 6. The van der Waals surface area contributed by atoms with Crippen LogP contribution < -0.4 is 0 Å². The number of rotatable bonds is 7. The van der Waals surface area contributed by atoms with Crippen LogP contribution in [0.15, 0.2) is 65.9 Å². The summed E-state index contributed by atoms with van der Waals surface area (Å²) < 4.78 is 5.13. The summed E-state index contributed by atoms with van der Waals surface area (Å²) in [4.78, 5) is 32.9. The molecule has 32 heavy (non-hydrogen) atoms. The molecule has 1 atom stereocenters. The van der Waals surface area contributed by atoms with Crippen LogP contribution in [0.4, 0.5) is 0 Å². The van der Waals surface area contributed by atoms with E-state index in [9.17, 15) is 14.7 Å². The summed E-state index contributed by atoms with van der Waals surface area (Å²) in [5.41, 5.74) is 2.17. The van der Waals surface area contributed by atoms with Crippen molar-refractivity contribution in [2.24, 2.45) is 0 Å². The summed E-state index contributed by atoms with van der Waals surface area (Å²) in [6, 6.07) is 15.7. The topological polar surface area (TPSA) is 79.7 Å². The Labute approximate surface area is 194 Å². The van der Waals surface area contributed by atoms with Crippen molar-refractivity contribution in [3.8, 4) is 10.6 Å². The Morgan fingerprint density at radius 2 is 1.88 bits per heavy atom. The SMILES string of the molecule is COCCN1C(=O)C(O)=C(C(=O)c2sc(-c3ccccc3)nc2C)C1c1ccc(Cl)cc1. The summed E-state index contributed by atoms with van der Waals surface area (Å²) in [7, 11) is 1.53. The molecular formula is C24H21ClN2O4S. The molecule has 164 valence electrons. The molecule has 0 bridgehead atoms. The van der Waals surface area contributed by atoms with Crippen LogP contribution in [0, 0.1) is 6.92 Å². The molecule has 1 N–H and O–H groups in total. The molecule has 0 radical (unpaired) electrons. The maximum atomic E-state index is 13.7. The van der Waals surface area contributed by atoms with Crippen molar-refractivity contribution < 1.29 is 19.4 Å². The van der Waals surface area contributed by atoms with Gasteiger partial charge in [-0.2, -0.15) is 0 Å². The zero-order valence-corrected chi connectivity index (χ0v) is 19.1. The Hall–Kier alpha value is -3.00. The van der Waals surface area contributed by atoms with E-state index in [2.05, 4.69) is 4.98 Å². The minimum absolute atomic E-state index is 0.0415. The Balaban J connectivity index is 1.77. The predicted octanol–water partition coefficient (Wildman–Crippen LogP) is 5.00. The highest BCUT2D eigenvalue weighted by Gasteiger charge is 2.44. The molecule has 0 aliphatic carbocycles. The van der Waals surface area contributed by atoms with Crippen LogP contribution in [0.2, 0.25) is 5.02 Å². The number of aryl methyl sites for hydroxylation is 1. The van der Waals surface area contributed by atoms with Crippen molar-refractivity contribution in [2.75, 3.05) is 20.3 Å². The molecule has 1 unspecified atom stereocenters. The van der Waals surface area contributed by atoms with Gasteiger partial charge in [0.05, 0.1) is 28.8 Å². The van der Waals surface area contributed by atoms with E-state index in [1.54, 1.807) is 31.2 Å². The minimum atomic E-state index is -0.746. The maximum Gasteiger partial charge on any atom is 0.290 e. The van der Waals surface area contributed by atoms with Gasteiger partial charge >= 0.3 is 0 Å². The number of thiazole rings is 1. The van der Waals surface area contributed by atoms with Gasteiger partial charge in [0.15, 0.2) is 5.76 Å². The molecule has 6 nitrogen and oxygen atoms in total. The number of ketones is 1. The van der Waals surface area contributed by atoms with Gasteiger partial charge in [0, 0.05) is 24.2 Å². The number of Topliss-reactive ketones (excluding diaryl/α,β-unsaturated/α-hetero) is 1. The first kappa shape index (κ1) is 22.2. The average Bonchev–Trinajstić information content (AvgIpc) is 3.31. The van der Waals surface area contributed by atoms with Gasteiger partial charge in [0.25, 0.3) is 5.91 Å². The van der Waals surface area contributed by atoms with Crippen LogP contribution in [-0.4, -0.2) is 46.9 Å². The van der Waals surface area contributed by atoms with E-state index in [4.69, 9.17) is 16.3 Å². The zero-order chi connectivity index (χ0) is 22.8. The van der Waals surface area contributed by atoms with Gasteiger partial charge in [0.1, 0.15) is 5.01 Å². The molecule has 1 aromatic heterocycles. The van der Waals surface area contributed by atoms with Crippen molar-refractivity contribution in [1.82, 2.24) is 9.88 Å². The number of aromatic nitrogens is 1. The van der Waals surface area contributed by atoms with E-state index >= 15 is 0 Å². The normalized spacial score (nSPS) is 16.2. The smallest absolute Gasteiger partial charge is 0.290 e. The summed E-state index contributed by atoms with van der Waals surface area (Å²) in [5, 5.41) is 12.0. The second kappa shape index (κ2) is 9.24. The van der Waals surface area contributed by atoms with Gasteiger partial charge < -0.3 is 14.7 Å². The fraction of sp³-hybridized carbons (Fsp3) is 0.208. The third-order valence-corrected chi connectivity index (χ3v) is 6.75. The average molecular weight is 469 g/mol. The van der Waals surface area contributed by atoms with E-state index in [0.717, 1.165) is 5.56 Å². The van der Waals surface area contributed by atoms with Crippen molar-refractivity contribution in [2.45, 2.75) is 13.0 Å². The fourth-order valence-electron chi connectivity index (χ4n) is 3.73. The zero-order valence-electron chi connectivity index (χ0n) is 17.5. The van der Waals surface area contributed by atoms with E-state index in [0.29, 0.717) is 26.2 Å². The van der Waals surface area contributed by atoms with Gasteiger partial charge in [-0.1, -0.05) is 54.1 Å². The molecule has 0 saturated carbocycles. The minimum Gasteiger partial charge on any atom is -0.503 e. The Morgan fingerprint density at radius 3 is 2.53 bits per heavy atom. The van der Waals surface area contributed by atoms with Crippen molar-refractivity contribution >= 4 is 34.6 Å². The van der Waals surface area contributed by atoms with Crippen molar-refractivity contribution in [3.63, 3.8) is 0 Å². The summed E-state index contributed by atoms with van der Waals surface area (Å²) >= 11 is 7.28. The fourth-order valence-corrected chi connectivity index (χ4v) is 4.88. The molecule has 2 heterocycles. The lowest BCUT2D eigenvalue weighted by Gasteiger charge is -2.26. The summed E-state index contributed by atoms with van der Waals surface area (Å²) in [5.74, 6) is -1.55. The number of hydrogen-bond donors (Lipinski definition) is 1. The number of nitrogens with zero attached hydrogens (tertiary/aromatic N) is 2. The standard InChI is InChI=1S/C24H21ClN2O4S/c1-14-22(32-23(26-14)16-6-4-3-5-7-16)20(28)18-19(15-8-10-17(25)11-9-15)27(12-13-31-2)24(30)21(18)29/h3-11,19,29H,12-13H2,1-2H3. The number of ether oxygens (including phenoxy) is 1. The third kappa shape index (κ3) is 4.07. The van der Waals surface area contributed by atoms with E-state index in [1.807, 2.05) is 30.3 Å². The number of halogens is 1. The number of methoxy groups -OCH3 is 1. The maximum absolute atomic E-state index is 13.7. The van der Waals surface area contributed by atoms with Gasteiger partial charge in [-0.05, 0) is 24.6 Å². The molecule has 0 fully saturated rings. The first-order valence-electron chi connectivity index (χ1n) is 9.98. The second-order valence-electron chi connectivity index (χ2n) is 7.34. The lowest BCUT2D eigenvalue weighted by Crippen LogP contribution is -2.34. The predicted molar refractivity (Wildman–Crippen MR) is 124 cm³/mol. The molecule has 1 amide bonds. The second-order valence-corrected chi connectivity index (χ2v) is 8.77. The van der Waals surface area contributed by atoms with E-state index in [1.165, 1.54) is 23.3 Å². The van der Waals surface area contributed by atoms with Crippen LogP contribution in [-0.2, 0) is 9.53 Å². The third-order valence-electron chi connectivity index (χ3n) is 5.29. The van der Waals surface area contributed by atoms with Crippen LogP contribution in [0.25, 0.3) is 10.6 Å². The molecule has 0 saturated heterocycles. The molecule has 0 spiro atoms. The number of carbonyl (C=O) groups excluding carboxylic acids is 2. The molecule has 3 aromatic rings.